The van der Waals surface area contributed by atoms with Crippen molar-refractivity contribution in [2.75, 3.05) is 16.8 Å². The molecule has 1 aromatic rings. The van der Waals surface area contributed by atoms with E-state index in [2.05, 4.69) is 20.8 Å². The van der Waals surface area contributed by atoms with Gasteiger partial charge in [-0.15, -0.1) is 5.10 Å². The Bertz CT molecular complexity index is 346. The van der Waals surface area contributed by atoms with Crippen LogP contribution in [0.4, 0.5) is 6.01 Å². The van der Waals surface area contributed by atoms with Crippen LogP contribution in [0, 0.1) is 0 Å². The van der Waals surface area contributed by atoms with Crippen molar-refractivity contribution in [1.82, 2.24) is 15.5 Å². The lowest BCUT2D eigenvalue weighted by Crippen LogP contribution is -2.18. The second-order valence-electron chi connectivity index (χ2n) is 4.36. The first-order chi connectivity index (χ1) is 7.90. The van der Waals surface area contributed by atoms with Crippen LogP contribution >= 0.6 is 11.8 Å². The third kappa shape index (κ3) is 2.68. The average Bonchev–Trinajstić information content (AvgIpc) is 2.78. The number of nitrogens with zero attached hydrogens (tertiary/aromatic N) is 2. The van der Waals surface area contributed by atoms with Crippen molar-refractivity contribution in [3.8, 4) is 0 Å². The predicted molar refractivity (Wildman–Crippen MR) is 63.5 cm³/mol. The zero-order chi connectivity index (χ0) is 10.8. The van der Waals surface area contributed by atoms with Gasteiger partial charge in [0.05, 0.1) is 6.54 Å². The van der Waals surface area contributed by atoms with Crippen LogP contribution < -0.4 is 10.6 Å². The maximum absolute atomic E-state index is 5.52. The molecule has 0 aromatic carbocycles. The minimum Gasteiger partial charge on any atom is -0.407 e. The zero-order valence-corrected chi connectivity index (χ0v) is 9.92. The normalized spacial score (nSPS) is 24.9. The van der Waals surface area contributed by atoms with Gasteiger partial charge in [0.2, 0.25) is 5.89 Å². The summed E-state index contributed by atoms with van der Waals surface area (Å²) in [5, 5.41) is 14.6. The molecule has 1 aliphatic heterocycles. The highest BCUT2D eigenvalue weighted by atomic mass is 32.2. The molecular weight excluding hydrogens is 224 g/mol. The van der Waals surface area contributed by atoms with Crippen LogP contribution in [-0.4, -0.2) is 33.8 Å². The summed E-state index contributed by atoms with van der Waals surface area (Å²) in [7, 11) is 0. The van der Waals surface area contributed by atoms with E-state index in [1.165, 1.54) is 25.0 Å². The van der Waals surface area contributed by atoms with E-state index >= 15 is 0 Å². The molecular formula is C10H16N4OS. The van der Waals surface area contributed by atoms with Gasteiger partial charge in [0.15, 0.2) is 0 Å². The number of hydrogen-bond donors (Lipinski definition) is 2. The standard InChI is InChI=1S/C10H16N4OS/c1-2-7(1)11-5-9-13-14-10(15-9)12-8-3-4-16-6-8/h7-8,11H,1-6H2,(H,12,14). The highest BCUT2D eigenvalue weighted by molar-refractivity contribution is 7.99. The highest BCUT2D eigenvalue weighted by Gasteiger charge is 2.21. The lowest BCUT2D eigenvalue weighted by Gasteiger charge is -2.06. The molecule has 2 fully saturated rings. The summed E-state index contributed by atoms with van der Waals surface area (Å²) in [4.78, 5) is 0. The van der Waals surface area contributed by atoms with Crippen molar-refractivity contribution < 1.29 is 4.42 Å². The third-order valence-electron chi connectivity index (χ3n) is 2.84. The van der Waals surface area contributed by atoms with Crippen LogP contribution in [0.1, 0.15) is 25.2 Å². The quantitative estimate of drug-likeness (QED) is 0.807. The Morgan fingerprint density at radius 1 is 1.25 bits per heavy atom. The zero-order valence-electron chi connectivity index (χ0n) is 9.11. The van der Waals surface area contributed by atoms with Crippen LogP contribution in [0.5, 0.6) is 0 Å². The molecule has 16 heavy (non-hydrogen) atoms. The molecule has 1 unspecified atom stereocenters. The molecule has 1 aliphatic carbocycles. The number of aromatic nitrogens is 2. The Morgan fingerprint density at radius 2 is 2.19 bits per heavy atom. The predicted octanol–water partition coefficient (Wildman–Crippen LogP) is 1.24. The second kappa shape index (κ2) is 4.63. The molecule has 6 heteroatoms. The van der Waals surface area contributed by atoms with Gasteiger partial charge >= 0.3 is 6.01 Å². The van der Waals surface area contributed by atoms with Crippen molar-refractivity contribution >= 4 is 17.8 Å². The van der Waals surface area contributed by atoms with E-state index < -0.39 is 0 Å². The Balaban J connectivity index is 1.50. The molecule has 1 aromatic heterocycles. The Labute approximate surface area is 98.8 Å². The molecule has 2 N–H and O–H groups in total. The molecule has 5 nitrogen and oxygen atoms in total. The average molecular weight is 240 g/mol. The number of hydrogen-bond acceptors (Lipinski definition) is 6. The third-order valence-corrected chi connectivity index (χ3v) is 4.01. The summed E-state index contributed by atoms with van der Waals surface area (Å²) in [6.45, 7) is 0.693. The van der Waals surface area contributed by atoms with Gasteiger partial charge in [-0.1, -0.05) is 5.10 Å². The van der Waals surface area contributed by atoms with Crippen LogP contribution in [0.3, 0.4) is 0 Å². The Morgan fingerprint density at radius 3 is 2.94 bits per heavy atom. The molecule has 0 bridgehead atoms. The highest BCUT2D eigenvalue weighted by Crippen LogP contribution is 2.21. The van der Waals surface area contributed by atoms with E-state index in [1.807, 2.05) is 11.8 Å². The SMILES string of the molecule is C1CC(Nc2nnc(CNC3CC3)o2)CS1. The fraction of sp³-hybridized carbons (Fsp3) is 0.800. The molecule has 1 saturated carbocycles. The number of nitrogens with one attached hydrogen (secondary N) is 2. The molecule has 2 heterocycles. The number of anilines is 1. The van der Waals surface area contributed by atoms with E-state index in [-0.39, 0.29) is 0 Å². The number of rotatable bonds is 5. The molecule has 88 valence electrons. The van der Waals surface area contributed by atoms with Gasteiger partial charge in [0.1, 0.15) is 0 Å². The molecule has 0 spiro atoms. The fourth-order valence-electron chi connectivity index (χ4n) is 1.73. The van der Waals surface area contributed by atoms with Gasteiger partial charge in [-0.2, -0.15) is 11.8 Å². The van der Waals surface area contributed by atoms with E-state index in [1.54, 1.807) is 0 Å². The monoisotopic (exact) mass is 240 g/mol. The maximum Gasteiger partial charge on any atom is 0.315 e. The minimum atomic E-state index is 0.495. The van der Waals surface area contributed by atoms with Crippen molar-refractivity contribution in [3.05, 3.63) is 5.89 Å². The summed E-state index contributed by atoms with van der Waals surface area (Å²) in [6.07, 6.45) is 3.74. The lowest BCUT2D eigenvalue weighted by atomic mass is 10.3. The largest absolute Gasteiger partial charge is 0.407 e. The van der Waals surface area contributed by atoms with E-state index in [9.17, 15) is 0 Å². The van der Waals surface area contributed by atoms with Gasteiger partial charge in [0.25, 0.3) is 0 Å². The summed E-state index contributed by atoms with van der Waals surface area (Å²) in [5.74, 6) is 3.04. The summed E-state index contributed by atoms with van der Waals surface area (Å²) >= 11 is 1.97. The van der Waals surface area contributed by atoms with E-state index in [0.29, 0.717) is 30.5 Å². The topological polar surface area (TPSA) is 63.0 Å². The van der Waals surface area contributed by atoms with Gasteiger partial charge in [-0.05, 0) is 25.0 Å². The van der Waals surface area contributed by atoms with Crippen molar-refractivity contribution in [3.63, 3.8) is 0 Å². The van der Waals surface area contributed by atoms with Crippen LogP contribution in [0.2, 0.25) is 0 Å². The van der Waals surface area contributed by atoms with Crippen LogP contribution in [0.15, 0.2) is 4.42 Å². The molecule has 0 amide bonds. The van der Waals surface area contributed by atoms with Crippen molar-refractivity contribution in [2.45, 2.75) is 37.9 Å². The van der Waals surface area contributed by atoms with Gasteiger partial charge < -0.3 is 15.1 Å². The molecule has 2 aliphatic rings. The fourth-order valence-corrected chi connectivity index (χ4v) is 2.88. The first-order valence-electron chi connectivity index (χ1n) is 5.80. The minimum absolute atomic E-state index is 0.495. The maximum atomic E-state index is 5.52. The van der Waals surface area contributed by atoms with Crippen LogP contribution in [0.25, 0.3) is 0 Å². The summed E-state index contributed by atoms with van der Waals surface area (Å²) < 4.78 is 5.52. The molecule has 3 rings (SSSR count). The van der Waals surface area contributed by atoms with Crippen molar-refractivity contribution in [2.24, 2.45) is 0 Å². The van der Waals surface area contributed by atoms with Gasteiger partial charge in [-0.25, -0.2) is 0 Å². The lowest BCUT2D eigenvalue weighted by molar-refractivity contribution is 0.472. The Kier molecular flexibility index (Phi) is 3.01. The summed E-state index contributed by atoms with van der Waals surface area (Å²) in [5.41, 5.74) is 0. The van der Waals surface area contributed by atoms with Crippen LogP contribution in [-0.2, 0) is 6.54 Å². The smallest absolute Gasteiger partial charge is 0.315 e. The second-order valence-corrected chi connectivity index (χ2v) is 5.51. The van der Waals surface area contributed by atoms with E-state index in [4.69, 9.17) is 4.42 Å². The summed E-state index contributed by atoms with van der Waals surface area (Å²) in [6, 6.07) is 1.74. The van der Waals surface area contributed by atoms with E-state index in [0.717, 1.165) is 5.75 Å². The molecule has 1 atom stereocenters. The first-order valence-corrected chi connectivity index (χ1v) is 6.95. The molecule has 1 saturated heterocycles. The van der Waals surface area contributed by atoms with Gasteiger partial charge in [0, 0.05) is 17.8 Å². The Hall–Kier alpha value is -0.750. The van der Waals surface area contributed by atoms with Gasteiger partial charge in [-0.3, -0.25) is 0 Å². The van der Waals surface area contributed by atoms with Crippen molar-refractivity contribution in [1.29, 1.82) is 0 Å². The first kappa shape index (κ1) is 10.4. The molecule has 0 radical (unpaired) electrons. The number of thioether (sulfide) groups is 1.